The van der Waals surface area contributed by atoms with E-state index in [-0.39, 0.29) is 25.9 Å². The summed E-state index contributed by atoms with van der Waals surface area (Å²) in [6, 6.07) is 7.19. The highest BCUT2D eigenvalue weighted by atomic mass is 32.2. The Morgan fingerprint density at radius 1 is 1.19 bits per heavy atom. The van der Waals surface area contributed by atoms with Gasteiger partial charge in [-0.15, -0.1) is 0 Å². The second kappa shape index (κ2) is 8.41. The lowest BCUT2D eigenvalue weighted by molar-refractivity contribution is -0.0660. The largest absolute Gasteiger partial charge is 0.493 e. The molecule has 0 bridgehead atoms. The molecule has 1 aliphatic heterocycles. The van der Waals surface area contributed by atoms with Crippen LogP contribution in [0.4, 0.5) is 8.78 Å². The molecule has 0 radical (unpaired) electrons. The quantitative estimate of drug-likeness (QED) is 0.792. The van der Waals surface area contributed by atoms with Crippen molar-refractivity contribution in [2.75, 3.05) is 26.1 Å². The van der Waals surface area contributed by atoms with Gasteiger partial charge in [-0.25, -0.2) is 21.9 Å². The Balaban J connectivity index is 1.60. The van der Waals surface area contributed by atoms with Crippen molar-refractivity contribution >= 4 is 10.0 Å². The monoisotopic (exact) mass is 403 g/mol. The first-order chi connectivity index (χ1) is 12.7. The lowest BCUT2D eigenvalue weighted by Gasteiger charge is -2.35. The summed E-state index contributed by atoms with van der Waals surface area (Å²) in [5.41, 5.74) is 1.23. The molecule has 1 saturated heterocycles. The summed E-state index contributed by atoms with van der Waals surface area (Å²) in [7, 11) is -3.46. The highest BCUT2D eigenvalue weighted by molar-refractivity contribution is 7.88. The summed E-state index contributed by atoms with van der Waals surface area (Å²) in [5, 5.41) is 0. The maximum Gasteiger partial charge on any atom is 0.248 e. The summed E-state index contributed by atoms with van der Waals surface area (Å²) in [4.78, 5) is 0. The van der Waals surface area contributed by atoms with Crippen molar-refractivity contribution in [3.8, 4) is 5.75 Å². The first-order valence-corrected chi connectivity index (χ1v) is 11.3. The molecular weight excluding hydrogens is 376 g/mol. The zero-order chi connectivity index (χ0) is 19.5. The van der Waals surface area contributed by atoms with E-state index in [0.717, 1.165) is 32.3 Å². The van der Waals surface area contributed by atoms with Crippen molar-refractivity contribution in [2.24, 2.45) is 5.92 Å². The van der Waals surface area contributed by atoms with E-state index in [1.807, 2.05) is 24.3 Å². The van der Waals surface area contributed by atoms with E-state index in [1.54, 1.807) is 0 Å². The summed E-state index contributed by atoms with van der Waals surface area (Å²) >= 11 is 0. The lowest BCUT2D eigenvalue weighted by Crippen LogP contribution is -2.48. The maximum absolute atomic E-state index is 13.8. The van der Waals surface area contributed by atoms with Gasteiger partial charge in [0.15, 0.2) is 0 Å². The van der Waals surface area contributed by atoms with Crippen LogP contribution in [0.1, 0.15) is 43.6 Å². The van der Waals surface area contributed by atoms with Crippen molar-refractivity contribution in [1.29, 1.82) is 0 Å². The number of benzene rings is 1. The molecule has 0 aromatic heterocycles. The minimum absolute atomic E-state index is 0.0550. The first-order valence-electron chi connectivity index (χ1n) is 9.37. The maximum atomic E-state index is 13.8. The van der Waals surface area contributed by atoms with E-state index in [1.165, 1.54) is 5.56 Å². The molecule has 5 nitrogen and oxygen atoms in total. The molecule has 0 spiro atoms. The fraction of sp³-hybridized carbons (Fsp3) is 0.684. The molecule has 2 aliphatic rings. The number of ether oxygens (including phenoxy) is 2. The zero-order valence-corrected chi connectivity index (χ0v) is 16.3. The molecule has 1 aromatic rings. The molecule has 2 atom stereocenters. The van der Waals surface area contributed by atoms with E-state index in [4.69, 9.17) is 9.47 Å². The second-order valence-electron chi connectivity index (χ2n) is 7.62. The highest BCUT2D eigenvalue weighted by Gasteiger charge is 2.42. The Morgan fingerprint density at radius 3 is 2.48 bits per heavy atom. The predicted molar refractivity (Wildman–Crippen MR) is 98.8 cm³/mol. The topological polar surface area (TPSA) is 64.6 Å². The number of sulfonamides is 1. The molecule has 27 heavy (non-hydrogen) atoms. The van der Waals surface area contributed by atoms with Crippen LogP contribution in [0.15, 0.2) is 24.3 Å². The zero-order valence-electron chi connectivity index (χ0n) is 15.5. The number of rotatable bonds is 6. The molecule has 8 heteroatoms. The molecule has 1 heterocycles. The van der Waals surface area contributed by atoms with Crippen molar-refractivity contribution in [3.63, 3.8) is 0 Å². The van der Waals surface area contributed by atoms with Gasteiger partial charge in [-0.1, -0.05) is 12.1 Å². The van der Waals surface area contributed by atoms with Gasteiger partial charge in [0, 0.05) is 38.0 Å². The molecule has 0 unspecified atom stereocenters. The van der Waals surface area contributed by atoms with Crippen LogP contribution >= 0.6 is 0 Å². The predicted octanol–water partition coefficient (Wildman–Crippen LogP) is 3.31. The normalized spacial score (nSPS) is 26.6. The van der Waals surface area contributed by atoms with Crippen LogP contribution in [-0.2, 0) is 14.8 Å². The molecule has 3 rings (SSSR count). The molecule has 1 aliphatic carbocycles. The molecule has 152 valence electrons. The van der Waals surface area contributed by atoms with Gasteiger partial charge in [-0.3, -0.25) is 0 Å². The van der Waals surface area contributed by atoms with Gasteiger partial charge in [0.25, 0.3) is 0 Å². The molecule has 1 aromatic carbocycles. The van der Waals surface area contributed by atoms with E-state index >= 15 is 0 Å². The number of hydrogen-bond donors (Lipinski definition) is 1. The van der Waals surface area contributed by atoms with Crippen molar-refractivity contribution in [1.82, 2.24) is 4.72 Å². The van der Waals surface area contributed by atoms with Gasteiger partial charge in [0.05, 0.1) is 12.9 Å². The van der Waals surface area contributed by atoms with Crippen LogP contribution in [0.3, 0.4) is 0 Å². The van der Waals surface area contributed by atoms with E-state index < -0.39 is 27.9 Å². The molecule has 0 amide bonds. The smallest absolute Gasteiger partial charge is 0.248 e. The van der Waals surface area contributed by atoms with Crippen LogP contribution in [0.25, 0.3) is 0 Å². The molecule has 2 fully saturated rings. The number of halogens is 2. The Labute approximate surface area is 159 Å². The number of alkyl halides is 2. The van der Waals surface area contributed by atoms with Crippen LogP contribution in [0, 0.1) is 5.92 Å². The van der Waals surface area contributed by atoms with E-state index in [9.17, 15) is 17.2 Å². The van der Waals surface area contributed by atoms with Gasteiger partial charge in [0.1, 0.15) is 5.75 Å². The first kappa shape index (κ1) is 20.5. The van der Waals surface area contributed by atoms with Gasteiger partial charge in [0.2, 0.25) is 15.9 Å². The van der Waals surface area contributed by atoms with Crippen LogP contribution < -0.4 is 9.46 Å². The third-order valence-corrected chi connectivity index (χ3v) is 6.08. The fourth-order valence-electron chi connectivity index (χ4n) is 3.91. The van der Waals surface area contributed by atoms with Crippen molar-refractivity contribution in [2.45, 2.75) is 50.0 Å². The Morgan fingerprint density at radius 2 is 1.85 bits per heavy atom. The summed E-state index contributed by atoms with van der Waals surface area (Å²) < 4.78 is 64.2. The van der Waals surface area contributed by atoms with Crippen LogP contribution in [-0.4, -0.2) is 46.5 Å². The third kappa shape index (κ3) is 6.12. The van der Waals surface area contributed by atoms with E-state index in [2.05, 4.69) is 4.72 Å². The minimum atomic E-state index is -3.46. The standard InChI is InChI=1S/C19H27F2NO4S/c1-27(23,24)22-18-6-9-19(20,21)12-16(18)13-26-17-4-2-14(3-5-17)15-7-10-25-11-8-15/h2-5,15-16,18,22H,6-13H2,1H3/t16-,18+/m1/s1. The van der Waals surface area contributed by atoms with Gasteiger partial charge in [-0.2, -0.15) is 0 Å². The minimum Gasteiger partial charge on any atom is -0.493 e. The van der Waals surface area contributed by atoms with Gasteiger partial charge < -0.3 is 9.47 Å². The second-order valence-corrected chi connectivity index (χ2v) is 9.40. The Hall–Kier alpha value is -1.25. The number of hydrogen-bond acceptors (Lipinski definition) is 4. The number of nitrogens with one attached hydrogen (secondary N) is 1. The average Bonchev–Trinajstić information content (AvgIpc) is 2.62. The fourth-order valence-corrected chi connectivity index (χ4v) is 4.77. The SMILES string of the molecule is CS(=O)(=O)N[C@H]1CCC(F)(F)C[C@@H]1COc1ccc(C2CCOCC2)cc1. The van der Waals surface area contributed by atoms with E-state index in [0.29, 0.717) is 11.7 Å². The summed E-state index contributed by atoms with van der Waals surface area (Å²) in [6.07, 6.45) is 2.46. The highest BCUT2D eigenvalue weighted by Crippen LogP contribution is 2.37. The molecule has 1 saturated carbocycles. The van der Waals surface area contributed by atoms with Gasteiger partial charge in [-0.05, 0) is 42.9 Å². The third-order valence-electron chi connectivity index (χ3n) is 5.35. The Bertz CT molecular complexity index is 718. The lowest BCUT2D eigenvalue weighted by atomic mass is 9.83. The average molecular weight is 403 g/mol. The Kier molecular flexibility index (Phi) is 6.38. The van der Waals surface area contributed by atoms with Crippen LogP contribution in [0.2, 0.25) is 0 Å². The summed E-state index contributed by atoms with van der Waals surface area (Å²) in [5.74, 6) is -2.26. The molecule has 1 N–H and O–H groups in total. The van der Waals surface area contributed by atoms with Crippen LogP contribution in [0.5, 0.6) is 5.75 Å². The van der Waals surface area contributed by atoms with Crippen molar-refractivity contribution in [3.05, 3.63) is 29.8 Å². The van der Waals surface area contributed by atoms with Crippen molar-refractivity contribution < 1.29 is 26.7 Å². The summed E-state index contributed by atoms with van der Waals surface area (Å²) in [6.45, 7) is 1.60. The molecular formula is C19H27F2NO4S. The van der Waals surface area contributed by atoms with Gasteiger partial charge >= 0.3 is 0 Å².